The highest BCUT2D eigenvalue weighted by Crippen LogP contribution is 2.59. The van der Waals surface area contributed by atoms with E-state index in [4.69, 9.17) is 31.7 Å². The molecule has 0 bridgehead atoms. The molecule has 0 amide bonds. The third kappa shape index (κ3) is 8.77. The number of phosphoric acid groups is 2. The van der Waals surface area contributed by atoms with Gasteiger partial charge in [0.15, 0.2) is 0 Å². The Hall–Kier alpha value is -6.17. The summed E-state index contributed by atoms with van der Waals surface area (Å²) in [6.07, 6.45) is 0. The normalized spacial score (nSPS) is 14.4. The molecule has 7 aromatic rings. The molecule has 1 aliphatic rings. The minimum atomic E-state index is -4.74. The molecule has 322 valence electrons. The summed E-state index contributed by atoms with van der Waals surface area (Å²) in [7, 11) is -13.7. The van der Waals surface area contributed by atoms with Gasteiger partial charge in [0, 0.05) is 5.56 Å². The van der Waals surface area contributed by atoms with Crippen molar-refractivity contribution in [1.82, 2.24) is 0 Å². The van der Waals surface area contributed by atoms with Gasteiger partial charge in [0.05, 0.1) is 10.6 Å². The second-order valence-electron chi connectivity index (χ2n) is 15.6. The van der Waals surface area contributed by atoms with Gasteiger partial charge in [0.25, 0.3) is 0 Å². The lowest BCUT2D eigenvalue weighted by Gasteiger charge is -2.31. The molecule has 1 unspecified atom stereocenters. The van der Waals surface area contributed by atoms with Crippen molar-refractivity contribution in [2.24, 2.45) is 0 Å². The van der Waals surface area contributed by atoms with Crippen LogP contribution in [0.2, 0.25) is 0 Å². The van der Waals surface area contributed by atoms with Gasteiger partial charge in [0.1, 0.15) is 40.2 Å². The van der Waals surface area contributed by atoms with Gasteiger partial charge in [-0.1, -0.05) is 109 Å². The molecule has 1 aliphatic heterocycles. The third-order valence-electron chi connectivity index (χ3n) is 10.7. The molecule has 0 fully saturated rings. The van der Waals surface area contributed by atoms with Crippen LogP contribution in [0.5, 0.6) is 40.2 Å². The largest absolute Gasteiger partial charge is 0.647 e. The first-order valence-corrected chi connectivity index (χ1v) is 24.9. The van der Waals surface area contributed by atoms with Crippen molar-refractivity contribution in [2.75, 3.05) is 0 Å². The molecule has 1 atom stereocenters. The van der Waals surface area contributed by atoms with Gasteiger partial charge >= 0.3 is 23.0 Å². The summed E-state index contributed by atoms with van der Waals surface area (Å²) in [5, 5.41) is 0.261. The zero-order chi connectivity index (χ0) is 44.7. The summed E-state index contributed by atoms with van der Waals surface area (Å²) in [6.45, 7) is 14.6. The number of hydrogen-bond donors (Lipinski definition) is 0. The number of hydrogen-bond acceptors (Lipinski definition) is 10. The van der Waals surface area contributed by atoms with Crippen molar-refractivity contribution in [3.8, 4) is 51.4 Å². The average molecular weight is 901 g/mol. The highest BCUT2D eigenvalue weighted by atomic mass is 31.2. The Morgan fingerprint density at radius 2 is 0.778 bits per heavy atom. The quantitative estimate of drug-likeness (QED) is 0.104. The zero-order valence-electron chi connectivity index (χ0n) is 36.2. The first-order chi connectivity index (χ1) is 30.1. The van der Waals surface area contributed by atoms with Crippen LogP contribution in [0.4, 0.5) is 0 Å². The fourth-order valence-electron chi connectivity index (χ4n) is 7.54. The van der Waals surface area contributed by atoms with Crippen LogP contribution in [0.1, 0.15) is 44.5 Å². The molecule has 0 radical (unpaired) electrons. The summed E-state index contributed by atoms with van der Waals surface area (Å²) in [4.78, 5) is 0. The van der Waals surface area contributed by atoms with Gasteiger partial charge < -0.3 is 31.7 Å². The maximum Gasteiger partial charge on any atom is 0.647 e. The Bertz CT molecular complexity index is 2860. The molecule has 0 saturated heterocycles. The van der Waals surface area contributed by atoms with E-state index >= 15 is 13.7 Å². The molecule has 1 heterocycles. The fourth-order valence-corrected chi connectivity index (χ4v) is 13.0. The van der Waals surface area contributed by atoms with Gasteiger partial charge in [-0.05, 0) is 136 Å². The lowest BCUT2D eigenvalue weighted by Crippen LogP contribution is -2.27. The number of phosphoric ester groups is 2. The molecule has 8 rings (SSSR count). The van der Waals surface area contributed by atoms with Gasteiger partial charge in [0.2, 0.25) is 0 Å². The van der Waals surface area contributed by atoms with Crippen molar-refractivity contribution in [2.45, 2.75) is 55.4 Å². The second kappa shape index (κ2) is 17.2. The predicted molar refractivity (Wildman–Crippen MR) is 248 cm³/mol. The third-order valence-corrected chi connectivity index (χ3v) is 15.7. The molecule has 0 aromatic heterocycles. The fraction of sp³-hybridized carbons (Fsp3) is 0.160. The van der Waals surface area contributed by atoms with E-state index in [2.05, 4.69) is 0 Å². The summed E-state index contributed by atoms with van der Waals surface area (Å²) >= 11 is 0. The van der Waals surface area contributed by atoms with E-state index in [1.165, 1.54) is 18.2 Å². The number of aryl methyl sites for hydroxylation is 8. The van der Waals surface area contributed by atoms with Crippen LogP contribution in [0.25, 0.3) is 11.1 Å². The van der Waals surface area contributed by atoms with Crippen LogP contribution < -0.4 is 42.3 Å². The molecular weight excluding hydrogens is 853 g/mol. The SMILES string of the molecule is Cc1cccc(C)c1OP(=O)(Oc1ccc(OP(=O)(Oc2c(C)cccc2C)Oc2c(C)cccc2C)c(P2(=O)Oc3ccccc3-c3ccccc32)c1)Oc1c(C)cccc1C. The molecule has 13 heteroatoms. The van der Waals surface area contributed by atoms with Crippen LogP contribution >= 0.6 is 23.0 Å². The zero-order valence-corrected chi connectivity index (χ0v) is 38.9. The van der Waals surface area contributed by atoms with Gasteiger partial charge in [-0.25, -0.2) is 0 Å². The van der Waals surface area contributed by atoms with Crippen LogP contribution in [0.3, 0.4) is 0 Å². The Morgan fingerprint density at radius 1 is 0.397 bits per heavy atom. The first kappa shape index (κ1) is 43.5. The molecule has 7 aromatic carbocycles. The molecule has 0 aliphatic carbocycles. The van der Waals surface area contributed by atoms with E-state index in [1.807, 2.05) is 152 Å². The van der Waals surface area contributed by atoms with Crippen molar-refractivity contribution in [3.05, 3.63) is 184 Å². The Balaban J connectivity index is 1.32. The van der Waals surface area contributed by atoms with Crippen molar-refractivity contribution < 1.29 is 45.4 Å². The van der Waals surface area contributed by atoms with Crippen molar-refractivity contribution in [3.63, 3.8) is 0 Å². The van der Waals surface area contributed by atoms with E-state index in [0.29, 0.717) is 84.1 Å². The standard InChI is InChI=1S/C50H47O10P3/c1-32-17-13-18-33(2)47(32)57-62(52,58-48-34(3)19-14-20-35(48)4)54-40-29-30-44(46(31-40)61(51)45-28-12-10-26-42(45)41-25-9-11-27-43(41)55-61)56-63(53,59-49-36(5)21-15-22-37(49)6)60-50-38(7)23-16-24-39(50)8/h9-31H,1-8H3. The van der Waals surface area contributed by atoms with Crippen molar-refractivity contribution in [1.29, 1.82) is 0 Å². The monoisotopic (exact) mass is 900 g/mol. The van der Waals surface area contributed by atoms with Crippen molar-refractivity contribution >= 4 is 33.6 Å². The maximum atomic E-state index is 16.1. The first-order valence-electron chi connectivity index (χ1n) is 20.3. The number of para-hydroxylation sites is 5. The molecular formula is C50H47O10P3. The summed E-state index contributed by atoms with van der Waals surface area (Å²) in [5.74, 6) is 1.32. The Labute approximate surface area is 368 Å². The topological polar surface area (TPSA) is 116 Å². The van der Waals surface area contributed by atoms with Crippen LogP contribution in [-0.4, -0.2) is 0 Å². The summed E-state index contributed by atoms with van der Waals surface area (Å²) in [6, 6.07) is 40.7. The average Bonchev–Trinajstić information content (AvgIpc) is 3.24. The Kier molecular flexibility index (Phi) is 11.9. The van der Waals surface area contributed by atoms with Gasteiger partial charge in [-0.2, -0.15) is 9.13 Å². The summed E-state index contributed by atoms with van der Waals surface area (Å²) in [5.41, 5.74) is 6.93. The number of rotatable bonds is 13. The van der Waals surface area contributed by atoms with E-state index in [1.54, 1.807) is 24.3 Å². The van der Waals surface area contributed by atoms with Crippen LogP contribution in [0.15, 0.2) is 140 Å². The molecule has 0 spiro atoms. The lowest BCUT2D eigenvalue weighted by molar-refractivity contribution is 0.292. The highest BCUT2D eigenvalue weighted by molar-refractivity contribution is 7.75. The minimum Gasteiger partial charge on any atom is -0.436 e. The van der Waals surface area contributed by atoms with E-state index < -0.39 is 23.0 Å². The van der Waals surface area contributed by atoms with E-state index in [-0.39, 0.29) is 16.8 Å². The van der Waals surface area contributed by atoms with Gasteiger partial charge in [-0.15, -0.1) is 0 Å². The maximum absolute atomic E-state index is 16.1. The van der Waals surface area contributed by atoms with Gasteiger partial charge in [-0.3, -0.25) is 4.57 Å². The van der Waals surface area contributed by atoms with Crippen LogP contribution in [0, 0.1) is 55.4 Å². The summed E-state index contributed by atoms with van der Waals surface area (Å²) < 4.78 is 91.4. The lowest BCUT2D eigenvalue weighted by atomic mass is 10.0. The second-order valence-corrected chi connectivity index (χ2v) is 20.7. The Morgan fingerprint density at radius 3 is 1.22 bits per heavy atom. The predicted octanol–water partition coefficient (Wildman–Crippen LogP) is 13.7. The van der Waals surface area contributed by atoms with E-state index in [0.717, 1.165) is 5.56 Å². The molecule has 63 heavy (non-hydrogen) atoms. The minimum absolute atomic E-state index is 0.0745. The van der Waals surface area contributed by atoms with Crippen LogP contribution in [-0.2, 0) is 13.7 Å². The smallest absolute Gasteiger partial charge is 0.436 e. The molecule has 0 N–H and O–H groups in total. The number of benzene rings is 7. The highest BCUT2D eigenvalue weighted by Gasteiger charge is 2.44. The number of fused-ring (bicyclic) bond motifs is 3. The van der Waals surface area contributed by atoms with E-state index in [9.17, 15) is 0 Å². The molecule has 10 nitrogen and oxygen atoms in total. The molecule has 0 saturated carbocycles.